The minimum atomic E-state index is -6.26. The van der Waals surface area contributed by atoms with E-state index in [-0.39, 0.29) is 124 Å². The number of aromatic carboxylic acids is 6. The summed E-state index contributed by atoms with van der Waals surface area (Å²) in [6, 6.07) is 57.6. The number of hydrogen-bond acceptors (Lipinski definition) is 24. The van der Waals surface area contributed by atoms with Gasteiger partial charge in [0.1, 0.15) is 39.6 Å². The van der Waals surface area contributed by atoms with Crippen molar-refractivity contribution in [1.29, 1.82) is 0 Å². The molecule has 12 aromatic rings. The molecular formula is C107H86F6O30. The first-order chi connectivity index (χ1) is 67.4. The number of carboxylic acids is 6. The number of hydrogen-bond donors (Lipinski definition) is 6. The van der Waals surface area contributed by atoms with Gasteiger partial charge in [-0.2, -0.15) is 26.3 Å². The molecule has 736 valence electrons. The van der Waals surface area contributed by atoms with E-state index in [1.165, 1.54) is 99.1 Å². The number of alkyl halides is 6. The molecule has 0 aliphatic heterocycles. The molecule has 0 aliphatic carbocycles. The maximum Gasteiger partial charge on any atom is 0.411 e. The Kier molecular flexibility index (Phi) is 34.5. The van der Waals surface area contributed by atoms with Crippen LogP contribution in [-0.2, 0) is 93.8 Å². The molecule has 0 saturated heterocycles. The fraction of sp³-hybridized carbons (Fsp3) is 0.178. The lowest BCUT2D eigenvalue weighted by Crippen LogP contribution is -2.55. The maximum atomic E-state index is 14.9. The molecule has 0 aromatic heterocycles. The Morgan fingerprint density at radius 1 is 0.217 bits per heavy atom. The third-order valence-electron chi connectivity index (χ3n) is 21.9. The van der Waals surface area contributed by atoms with Crippen LogP contribution in [-0.4, -0.2) is 152 Å². The predicted molar refractivity (Wildman–Crippen MR) is 494 cm³/mol. The Morgan fingerprint density at radius 2 is 0.413 bits per heavy atom. The molecule has 36 heteroatoms. The number of carboxylic acid groups (broad SMARTS) is 6. The topological polar surface area (TPSA) is 468 Å². The zero-order valence-corrected chi connectivity index (χ0v) is 76.9. The van der Waals surface area contributed by atoms with E-state index in [1.54, 1.807) is 48.5 Å². The van der Waals surface area contributed by atoms with Gasteiger partial charge in [0.15, 0.2) is 11.6 Å². The Balaban J connectivity index is 0.000000220. The number of rotatable bonds is 32. The molecule has 30 nitrogen and oxygen atoms in total. The molecule has 0 fully saturated rings. The fourth-order valence-electron chi connectivity index (χ4n) is 14.2. The summed E-state index contributed by atoms with van der Waals surface area (Å²) >= 11 is 0. The Morgan fingerprint density at radius 3 is 0.664 bits per heavy atom. The van der Waals surface area contributed by atoms with Crippen molar-refractivity contribution in [3.05, 3.63) is 423 Å². The van der Waals surface area contributed by atoms with E-state index in [0.29, 0.717) is 39.9 Å². The van der Waals surface area contributed by atoms with E-state index in [0.717, 1.165) is 65.2 Å². The summed E-state index contributed by atoms with van der Waals surface area (Å²) < 4.78 is 130. The van der Waals surface area contributed by atoms with Crippen LogP contribution in [0.5, 0.6) is 0 Å². The van der Waals surface area contributed by atoms with Crippen LogP contribution in [0, 0.1) is 0 Å². The van der Waals surface area contributed by atoms with E-state index < -0.39 is 175 Å². The van der Waals surface area contributed by atoms with Gasteiger partial charge in [-0.05, 0) is 164 Å². The molecule has 0 unspecified atom stereocenters. The first-order valence-electron chi connectivity index (χ1n) is 42.6. The highest BCUT2D eigenvalue weighted by Crippen LogP contribution is 2.57. The number of ether oxygens (including phenoxy) is 8. The smallest absolute Gasteiger partial charge is 0.411 e. The fourth-order valence-corrected chi connectivity index (χ4v) is 14.2. The predicted octanol–water partition coefficient (Wildman–Crippen LogP) is 19.4. The second-order valence-electron chi connectivity index (χ2n) is 33.5. The lowest BCUT2D eigenvalue weighted by Gasteiger charge is -2.38. The zero-order valence-electron chi connectivity index (χ0n) is 76.9. The van der Waals surface area contributed by atoms with Crippen molar-refractivity contribution >= 4 is 95.1 Å². The number of ketones is 2. The molecular weight excluding hydrogens is 1880 g/mol. The van der Waals surface area contributed by atoms with Crippen LogP contribution in [0.15, 0.2) is 267 Å². The van der Waals surface area contributed by atoms with E-state index in [9.17, 15) is 134 Å². The summed E-state index contributed by atoms with van der Waals surface area (Å²) in [6.45, 7) is 10.9. The van der Waals surface area contributed by atoms with Gasteiger partial charge in [0, 0.05) is 22.3 Å². The Labute approximate surface area is 809 Å². The number of benzene rings is 12. The number of carbonyl (C=O) groups excluding carboxylic acids is 10. The lowest BCUT2D eigenvalue weighted by atomic mass is 9.71. The van der Waals surface area contributed by atoms with Gasteiger partial charge < -0.3 is 68.5 Å². The molecule has 0 spiro atoms. The summed E-state index contributed by atoms with van der Waals surface area (Å²) in [6.07, 6.45) is -12.5. The van der Waals surface area contributed by atoms with E-state index in [1.807, 2.05) is 48.5 Å². The van der Waals surface area contributed by atoms with Gasteiger partial charge in [0.2, 0.25) is 5.41 Å². The molecule has 0 amide bonds. The second-order valence-corrected chi connectivity index (χ2v) is 33.5. The minimum Gasteiger partial charge on any atom is -0.478 e. The monoisotopic (exact) mass is 1960 g/mol. The van der Waals surface area contributed by atoms with Crippen molar-refractivity contribution in [1.82, 2.24) is 0 Å². The first kappa shape index (κ1) is 107. The van der Waals surface area contributed by atoms with Crippen molar-refractivity contribution < 1.29 is 172 Å². The number of esters is 8. The zero-order chi connectivity index (χ0) is 105. The van der Waals surface area contributed by atoms with Crippen molar-refractivity contribution in [3.63, 3.8) is 0 Å². The van der Waals surface area contributed by atoms with Gasteiger partial charge >= 0.3 is 95.9 Å². The second kappa shape index (κ2) is 46.1. The van der Waals surface area contributed by atoms with E-state index >= 15 is 0 Å². The third kappa shape index (κ3) is 26.5. The van der Waals surface area contributed by atoms with Gasteiger partial charge in [-0.1, -0.05) is 211 Å². The summed E-state index contributed by atoms with van der Waals surface area (Å²) in [5, 5.41) is 58.3. The molecule has 0 aliphatic rings. The van der Waals surface area contributed by atoms with Crippen LogP contribution in [0.25, 0.3) is 0 Å². The number of halogens is 6. The maximum absolute atomic E-state index is 14.9. The normalized spacial score (nSPS) is 11.2. The van der Waals surface area contributed by atoms with Gasteiger partial charge in [0.05, 0.1) is 92.1 Å². The molecule has 0 bridgehead atoms. The summed E-state index contributed by atoms with van der Waals surface area (Å²) in [4.78, 5) is 199. The van der Waals surface area contributed by atoms with Crippen LogP contribution >= 0.6 is 0 Å². The summed E-state index contributed by atoms with van der Waals surface area (Å²) in [5.41, 5.74) is -10.2. The van der Waals surface area contributed by atoms with Gasteiger partial charge in [-0.25, -0.2) is 67.1 Å². The van der Waals surface area contributed by atoms with Crippen LogP contribution in [0.3, 0.4) is 0 Å². The van der Waals surface area contributed by atoms with Crippen molar-refractivity contribution in [3.8, 4) is 0 Å². The van der Waals surface area contributed by atoms with E-state index in [4.69, 9.17) is 28.4 Å². The SMILES string of the molecule is CC(C)(C)c1ccc(COC(=O)c2ccc(C(=O)c3ccc(C(=O)O)c(C(=O)OCc4ccc(C(C)(C)C)cc4)c3)cc2C(=O)O)cc1.COC(=O)c1ccc(COC(=O)c2ccc(C(=O)c3ccc(C(=O)O)c(C(=O)OCc4ccc(C(=O)OC)cc4)c3)cc2C(=O)O)cc1.O=C(O)c1cc(C(c2ccc(C(=O)O)c(C(=O)OCc3ccccc3)c2)(C(F)(F)F)C(F)(F)F)ccc1C(=O)OCc1ccccc1. The molecule has 6 N–H and O–H groups in total. The van der Waals surface area contributed by atoms with Crippen molar-refractivity contribution in [2.75, 3.05) is 14.2 Å². The molecule has 143 heavy (non-hydrogen) atoms. The summed E-state index contributed by atoms with van der Waals surface area (Å²) in [7, 11) is 2.46. The largest absolute Gasteiger partial charge is 0.478 e. The number of carbonyl (C=O) groups is 16. The van der Waals surface area contributed by atoms with Gasteiger partial charge in [-0.3, -0.25) is 9.59 Å². The minimum absolute atomic E-state index is 0.0426. The lowest BCUT2D eigenvalue weighted by molar-refractivity contribution is -0.288. The average molecular weight is 1970 g/mol. The van der Waals surface area contributed by atoms with Crippen molar-refractivity contribution in [2.45, 2.75) is 110 Å². The molecule has 0 saturated carbocycles. The quantitative estimate of drug-likeness (QED) is 0.00987. The highest BCUT2D eigenvalue weighted by Gasteiger charge is 2.73. The van der Waals surface area contributed by atoms with Crippen molar-refractivity contribution in [2.24, 2.45) is 0 Å². The summed E-state index contributed by atoms with van der Waals surface area (Å²) in [5.74, 6) is -19.0. The van der Waals surface area contributed by atoms with Crippen LogP contribution in [0.1, 0.15) is 274 Å². The number of methoxy groups -OCH3 is 2. The first-order valence-corrected chi connectivity index (χ1v) is 42.6. The Hall–Kier alpha value is -17.9. The molecule has 0 radical (unpaired) electrons. The van der Waals surface area contributed by atoms with E-state index in [2.05, 4.69) is 51.0 Å². The van der Waals surface area contributed by atoms with Crippen LogP contribution in [0.4, 0.5) is 26.3 Å². The molecule has 0 atom stereocenters. The van der Waals surface area contributed by atoms with Gasteiger partial charge in [-0.15, -0.1) is 0 Å². The Bertz CT molecular complexity index is 6900. The molecule has 12 aromatic carbocycles. The van der Waals surface area contributed by atoms with Gasteiger partial charge in [0.25, 0.3) is 0 Å². The van der Waals surface area contributed by atoms with Crippen LogP contribution < -0.4 is 0 Å². The van der Waals surface area contributed by atoms with Crippen LogP contribution in [0.2, 0.25) is 0 Å². The third-order valence-corrected chi connectivity index (χ3v) is 21.9. The average Bonchev–Trinajstić information content (AvgIpc) is 0.706. The molecule has 12 rings (SSSR count). The standard InChI is InChI=1S/C39H38O9.C35H26O13.C33H22F6O8/c1-38(2,3)27-13-7-23(8-14-27)21-47-36(45)30-18-12-25(19-31(30)35(43)44)33(40)26-11-17-29(34(41)42)32(20-26)37(46)48-22-24-9-15-28(16-10-24)39(4,5)6;1-45-32(41)21-7-3-19(4-8-21)17-47-34(43)26-14-12-23(15-27(26)31(39)40)29(36)24-11-13-25(30(37)38)28(16-24)35(44)48-18-20-5-9-22(10-6-20)33(42)46-2;34-32(35,36)31(33(37,38)39,21-12-14-24(25(15-21)28(42)43)29(44)46-17-19-7-3-1-4-8-19)22-11-13-23(27(40)41)26(16-22)30(45)47-18-20-9-5-2-6-10-20/h7-20H,21-22H2,1-6H3,(H,41,42)(H,43,44);3-16H,17-18H2,1-2H3,(H,37,38)(H,39,40);1-16H,17-18H2,(H,40,41)(H,42,43). The highest BCUT2D eigenvalue weighted by molar-refractivity contribution is 6.15. The molecule has 0 heterocycles. The highest BCUT2D eigenvalue weighted by atomic mass is 19.4.